The Hall–Kier alpha value is -0.810. The molecule has 0 fully saturated rings. The summed E-state index contributed by atoms with van der Waals surface area (Å²) in [7, 11) is 4.05. The lowest BCUT2D eigenvalue weighted by Gasteiger charge is -2.15. The van der Waals surface area contributed by atoms with Gasteiger partial charge in [0.25, 0.3) is 0 Å². The largest absolute Gasteiger partial charge is 0.324 e. The Bertz CT molecular complexity index is 439. The highest BCUT2D eigenvalue weighted by Crippen LogP contribution is 2.18. The number of hydrogen-bond donors (Lipinski definition) is 2. The number of hydrogen-bond acceptors (Lipinski definition) is 3. The molecule has 3 N–H and O–H groups in total. The Morgan fingerprint density at radius 1 is 1.33 bits per heavy atom. The Balaban J connectivity index is 0. The lowest BCUT2D eigenvalue weighted by Crippen LogP contribution is -2.35. The molecular formula is C15H27Cl2N3O. The maximum Gasteiger partial charge on any atom is 0.241 e. The van der Waals surface area contributed by atoms with Gasteiger partial charge < -0.3 is 16.0 Å². The molecule has 1 atom stereocenters. The van der Waals surface area contributed by atoms with Gasteiger partial charge in [-0.05, 0) is 44.6 Å². The molecule has 1 aromatic rings. The van der Waals surface area contributed by atoms with Crippen LogP contribution in [0.5, 0.6) is 0 Å². The van der Waals surface area contributed by atoms with Crippen molar-refractivity contribution in [1.29, 1.82) is 0 Å². The molecule has 4 nitrogen and oxygen atoms in total. The van der Waals surface area contributed by atoms with Crippen LogP contribution in [0.15, 0.2) is 18.2 Å². The average Bonchev–Trinajstić information content (AvgIpc) is 2.33. The first-order chi connectivity index (χ1) is 8.93. The first kappa shape index (κ1) is 22.5. The number of anilines is 1. The summed E-state index contributed by atoms with van der Waals surface area (Å²) in [6, 6.07) is 5.70. The number of amides is 1. The standard InChI is InChI=1S/C15H25N3O.2ClH/c1-5-6-13(16)15(19)17-14-9-12(10-18(3)4)8-7-11(14)2;;/h7-9,13H,5-6,10,16H2,1-4H3,(H,17,19);2*1H. The van der Waals surface area contributed by atoms with Crippen LogP contribution in [0.25, 0.3) is 0 Å². The maximum atomic E-state index is 11.9. The Morgan fingerprint density at radius 3 is 2.48 bits per heavy atom. The number of rotatable bonds is 6. The van der Waals surface area contributed by atoms with E-state index in [9.17, 15) is 4.79 Å². The van der Waals surface area contributed by atoms with Gasteiger partial charge >= 0.3 is 0 Å². The van der Waals surface area contributed by atoms with Crippen molar-refractivity contribution >= 4 is 36.4 Å². The summed E-state index contributed by atoms with van der Waals surface area (Å²) in [6.45, 7) is 4.86. The second-order valence-corrected chi connectivity index (χ2v) is 5.27. The van der Waals surface area contributed by atoms with E-state index in [4.69, 9.17) is 5.73 Å². The number of halogens is 2. The summed E-state index contributed by atoms with van der Waals surface area (Å²) >= 11 is 0. The normalized spacial score (nSPS) is 11.3. The molecule has 21 heavy (non-hydrogen) atoms. The van der Waals surface area contributed by atoms with E-state index in [1.165, 1.54) is 5.56 Å². The zero-order valence-corrected chi connectivity index (χ0v) is 14.8. The van der Waals surface area contributed by atoms with Crippen molar-refractivity contribution < 1.29 is 4.79 Å². The highest BCUT2D eigenvalue weighted by molar-refractivity contribution is 5.95. The van der Waals surface area contributed by atoms with E-state index in [-0.39, 0.29) is 30.7 Å². The fourth-order valence-corrected chi connectivity index (χ4v) is 1.93. The zero-order valence-electron chi connectivity index (χ0n) is 13.2. The fraction of sp³-hybridized carbons (Fsp3) is 0.533. The number of carbonyl (C=O) groups is 1. The minimum atomic E-state index is -0.429. The molecule has 0 radical (unpaired) electrons. The van der Waals surface area contributed by atoms with Crippen molar-refractivity contribution in [3.05, 3.63) is 29.3 Å². The quantitative estimate of drug-likeness (QED) is 0.840. The van der Waals surface area contributed by atoms with Gasteiger partial charge in [-0.15, -0.1) is 24.8 Å². The van der Waals surface area contributed by atoms with E-state index in [0.717, 1.165) is 24.2 Å². The van der Waals surface area contributed by atoms with Crippen LogP contribution in [-0.4, -0.2) is 30.9 Å². The van der Waals surface area contributed by atoms with Crippen molar-refractivity contribution in [3.63, 3.8) is 0 Å². The molecule has 0 aliphatic rings. The van der Waals surface area contributed by atoms with Gasteiger partial charge in [-0.1, -0.05) is 25.5 Å². The predicted molar refractivity (Wildman–Crippen MR) is 94.6 cm³/mol. The molecule has 0 heterocycles. The molecule has 0 aromatic heterocycles. The van der Waals surface area contributed by atoms with E-state index < -0.39 is 6.04 Å². The van der Waals surface area contributed by atoms with Gasteiger partial charge in [-0.25, -0.2) is 0 Å². The SMILES string of the molecule is CCCC(N)C(=O)Nc1cc(CN(C)C)ccc1C.Cl.Cl. The van der Waals surface area contributed by atoms with Gasteiger partial charge in [-0.2, -0.15) is 0 Å². The molecule has 0 aliphatic carbocycles. The second-order valence-electron chi connectivity index (χ2n) is 5.27. The number of benzene rings is 1. The van der Waals surface area contributed by atoms with Gasteiger partial charge in [0.1, 0.15) is 0 Å². The van der Waals surface area contributed by atoms with E-state index in [2.05, 4.69) is 16.3 Å². The van der Waals surface area contributed by atoms with Crippen LogP contribution in [-0.2, 0) is 11.3 Å². The summed E-state index contributed by atoms with van der Waals surface area (Å²) in [4.78, 5) is 14.0. The molecule has 1 amide bonds. The predicted octanol–water partition coefficient (Wildman–Crippen LogP) is 2.97. The van der Waals surface area contributed by atoms with Gasteiger partial charge in [0.15, 0.2) is 0 Å². The van der Waals surface area contributed by atoms with Gasteiger partial charge in [0.2, 0.25) is 5.91 Å². The lowest BCUT2D eigenvalue weighted by atomic mass is 10.1. The number of nitrogens with zero attached hydrogens (tertiary/aromatic N) is 1. The fourth-order valence-electron chi connectivity index (χ4n) is 1.93. The summed E-state index contributed by atoms with van der Waals surface area (Å²) in [5.41, 5.74) is 8.91. The Kier molecular flexibility index (Phi) is 11.6. The smallest absolute Gasteiger partial charge is 0.241 e. The van der Waals surface area contributed by atoms with Crippen molar-refractivity contribution in [1.82, 2.24) is 4.90 Å². The maximum absolute atomic E-state index is 11.9. The first-order valence-corrected chi connectivity index (χ1v) is 6.74. The van der Waals surface area contributed by atoms with Crippen LogP contribution >= 0.6 is 24.8 Å². The van der Waals surface area contributed by atoms with Crippen LogP contribution in [0.4, 0.5) is 5.69 Å². The van der Waals surface area contributed by atoms with E-state index in [0.29, 0.717) is 6.42 Å². The van der Waals surface area contributed by atoms with E-state index in [1.54, 1.807) is 0 Å². The van der Waals surface area contributed by atoms with Crippen LogP contribution in [0, 0.1) is 6.92 Å². The highest BCUT2D eigenvalue weighted by Gasteiger charge is 2.13. The van der Waals surface area contributed by atoms with Crippen LogP contribution in [0.2, 0.25) is 0 Å². The minimum Gasteiger partial charge on any atom is -0.324 e. The first-order valence-electron chi connectivity index (χ1n) is 6.74. The molecule has 0 saturated heterocycles. The molecular weight excluding hydrogens is 309 g/mol. The Morgan fingerprint density at radius 2 is 1.95 bits per heavy atom. The van der Waals surface area contributed by atoms with Crippen molar-refractivity contribution in [2.24, 2.45) is 5.73 Å². The third-order valence-corrected chi connectivity index (χ3v) is 3.00. The molecule has 122 valence electrons. The van der Waals surface area contributed by atoms with Crippen molar-refractivity contribution in [2.45, 2.75) is 39.3 Å². The number of carbonyl (C=O) groups excluding carboxylic acids is 1. The van der Waals surface area contributed by atoms with E-state index >= 15 is 0 Å². The summed E-state index contributed by atoms with van der Waals surface area (Å²) in [5, 5.41) is 2.93. The molecule has 1 aromatic carbocycles. The number of aryl methyl sites for hydroxylation is 1. The minimum absolute atomic E-state index is 0. The average molecular weight is 336 g/mol. The number of nitrogens with two attached hydrogens (primary N) is 1. The molecule has 0 bridgehead atoms. The molecule has 0 saturated carbocycles. The topological polar surface area (TPSA) is 58.4 Å². The highest BCUT2D eigenvalue weighted by atomic mass is 35.5. The zero-order chi connectivity index (χ0) is 14.4. The molecule has 0 aliphatic heterocycles. The van der Waals surface area contributed by atoms with Crippen molar-refractivity contribution in [3.8, 4) is 0 Å². The molecule has 6 heteroatoms. The molecule has 0 spiro atoms. The van der Waals surface area contributed by atoms with Crippen LogP contribution < -0.4 is 11.1 Å². The third-order valence-electron chi connectivity index (χ3n) is 3.00. The monoisotopic (exact) mass is 335 g/mol. The summed E-state index contributed by atoms with van der Waals surface area (Å²) in [6.07, 6.45) is 1.62. The van der Waals surface area contributed by atoms with Crippen LogP contribution in [0.3, 0.4) is 0 Å². The molecule has 1 unspecified atom stereocenters. The summed E-state index contributed by atoms with van der Waals surface area (Å²) < 4.78 is 0. The lowest BCUT2D eigenvalue weighted by molar-refractivity contribution is -0.117. The second kappa shape index (κ2) is 10.9. The summed E-state index contributed by atoms with van der Waals surface area (Å²) in [5.74, 6) is -0.105. The van der Waals surface area contributed by atoms with E-state index in [1.807, 2.05) is 40.1 Å². The molecule has 1 rings (SSSR count). The number of nitrogens with one attached hydrogen (secondary N) is 1. The van der Waals surface area contributed by atoms with Gasteiger partial charge in [0, 0.05) is 12.2 Å². The van der Waals surface area contributed by atoms with Gasteiger partial charge in [-0.3, -0.25) is 4.79 Å². The van der Waals surface area contributed by atoms with Crippen molar-refractivity contribution in [2.75, 3.05) is 19.4 Å². The van der Waals surface area contributed by atoms with Gasteiger partial charge in [0.05, 0.1) is 6.04 Å². The van der Waals surface area contributed by atoms with Crippen LogP contribution in [0.1, 0.15) is 30.9 Å². The Labute approximate surface area is 140 Å². The third kappa shape index (κ3) is 7.67.